The molecule has 6 heterocycles. The number of hydrogen-bond donors (Lipinski definition) is 2. The maximum absolute atomic E-state index is 13.2. The Morgan fingerprint density at radius 1 is 0.629 bits per heavy atom. The molecule has 0 aliphatic carbocycles. The number of methoxy groups -OCH3 is 2. The van der Waals surface area contributed by atoms with Crippen molar-refractivity contribution in [3.63, 3.8) is 0 Å². The fourth-order valence-electron chi connectivity index (χ4n) is 6.94. The summed E-state index contributed by atoms with van der Waals surface area (Å²) in [6.45, 7) is -0.382. The zero-order valence-corrected chi connectivity index (χ0v) is 36.3. The van der Waals surface area contributed by atoms with Crippen LogP contribution < -0.4 is 29.6 Å². The van der Waals surface area contributed by atoms with Gasteiger partial charge in [-0.2, -0.15) is 0 Å². The molecule has 0 saturated carbocycles. The number of rotatable bonds is 14. The molecule has 2 aromatic carbocycles. The van der Waals surface area contributed by atoms with Crippen LogP contribution in [0.5, 0.6) is 23.0 Å². The number of nitrogens with one attached hydrogen (secondary N) is 2. The molecule has 2 atom stereocenters. The van der Waals surface area contributed by atoms with E-state index in [0.29, 0.717) is 34.1 Å². The SMILES string of the molecule is COCC(=O)Nc1csc2c1C(=O)N([C@@H](CS(C)(=O)=O)c1ccc3c(c1)OCO3)C2=O.COCC(=O)Nc1csc2c1C(=O)N([C@H](CS(C)(=O)=O)c1ccc3c(c1)OCO3)C2=O. The van der Waals surface area contributed by atoms with Crippen molar-refractivity contribution in [1.82, 2.24) is 9.80 Å². The molecule has 4 aliphatic heterocycles. The second-order valence-electron chi connectivity index (χ2n) is 14.1. The number of anilines is 2. The van der Waals surface area contributed by atoms with Gasteiger partial charge in [0.2, 0.25) is 25.4 Å². The topological polar surface area (TPSA) is 257 Å². The van der Waals surface area contributed by atoms with E-state index in [1.807, 2.05) is 0 Å². The maximum atomic E-state index is 13.2. The van der Waals surface area contributed by atoms with E-state index in [1.54, 1.807) is 36.4 Å². The van der Waals surface area contributed by atoms with Crippen molar-refractivity contribution in [2.24, 2.45) is 0 Å². The molecule has 0 bridgehead atoms. The fraction of sp³-hybridized carbons (Fsp3) is 0.316. The maximum Gasteiger partial charge on any atom is 0.272 e. The van der Waals surface area contributed by atoms with Crippen LogP contribution in [0, 0.1) is 0 Å². The highest BCUT2D eigenvalue weighted by atomic mass is 32.2. The molecule has 8 rings (SSSR count). The van der Waals surface area contributed by atoms with Crippen LogP contribution in [-0.2, 0) is 38.7 Å². The van der Waals surface area contributed by atoms with Crippen molar-refractivity contribution in [2.75, 3.05) is 75.7 Å². The molecule has 328 valence electrons. The normalized spacial score (nSPS) is 15.9. The Morgan fingerprint density at radius 3 is 1.35 bits per heavy atom. The Hall–Kier alpha value is -5.92. The van der Waals surface area contributed by atoms with Gasteiger partial charge in [-0.15, -0.1) is 22.7 Å². The van der Waals surface area contributed by atoms with Crippen molar-refractivity contribution >= 4 is 89.2 Å². The molecule has 20 nitrogen and oxygen atoms in total. The summed E-state index contributed by atoms with van der Waals surface area (Å²) in [5.74, 6) is -2.72. The minimum atomic E-state index is -3.58. The zero-order valence-electron chi connectivity index (χ0n) is 33.1. The number of hydrogen-bond acceptors (Lipinski definition) is 18. The summed E-state index contributed by atoms with van der Waals surface area (Å²) < 4.78 is 79.4. The lowest BCUT2D eigenvalue weighted by Gasteiger charge is -2.26. The molecule has 2 N–H and O–H groups in total. The minimum Gasteiger partial charge on any atom is -0.454 e. The standard InChI is InChI=1S/2C19H18N2O8S2/c2*1-27-6-15(22)20-11-7-30-17-16(11)18(23)21(19(17)24)12(8-31(2,25)26)10-3-4-13-14(5-10)29-9-28-13/h2*3-5,7,12H,6,8-9H2,1-2H3,(H,20,22)/t2*12-/m10/s1. The summed E-state index contributed by atoms with van der Waals surface area (Å²) >= 11 is 2.01. The number of nitrogens with zero attached hydrogens (tertiary/aromatic N) is 2. The Kier molecular flexibility index (Phi) is 12.4. The van der Waals surface area contributed by atoms with E-state index in [0.717, 1.165) is 45.0 Å². The first-order valence-electron chi connectivity index (χ1n) is 18.1. The van der Waals surface area contributed by atoms with Gasteiger partial charge in [-0.3, -0.25) is 38.6 Å². The first-order chi connectivity index (χ1) is 29.4. The van der Waals surface area contributed by atoms with Gasteiger partial charge in [0.25, 0.3) is 23.6 Å². The zero-order chi connectivity index (χ0) is 44.7. The molecular formula is C38H36N4O16S4. The first-order valence-corrected chi connectivity index (χ1v) is 24.0. The second-order valence-corrected chi connectivity index (χ2v) is 20.2. The van der Waals surface area contributed by atoms with Gasteiger partial charge in [0.05, 0.1) is 46.1 Å². The molecule has 0 saturated heterocycles. The average molecular weight is 933 g/mol. The van der Waals surface area contributed by atoms with Crippen LogP contribution in [0.2, 0.25) is 0 Å². The van der Waals surface area contributed by atoms with Crippen LogP contribution in [0.3, 0.4) is 0 Å². The number of sulfone groups is 2. The smallest absolute Gasteiger partial charge is 0.272 e. The van der Waals surface area contributed by atoms with Crippen LogP contribution >= 0.6 is 22.7 Å². The van der Waals surface area contributed by atoms with Gasteiger partial charge in [0, 0.05) is 37.5 Å². The highest BCUT2D eigenvalue weighted by Gasteiger charge is 2.46. The summed E-state index contributed by atoms with van der Waals surface area (Å²) in [5, 5.41) is 8.09. The third-order valence-corrected chi connectivity index (χ3v) is 13.3. The summed E-state index contributed by atoms with van der Waals surface area (Å²) in [7, 11) is -4.44. The van der Waals surface area contributed by atoms with Crippen LogP contribution in [-0.4, -0.2) is 127 Å². The Bertz CT molecular complexity index is 2560. The van der Waals surface area contributed by atoms with Crippen LogP contribution in [0.1, 0.15) is 63.3 Å². The van der Waals surface area contributed by atoms with E-state index < -0.39 is 78.7 Å². The third-order valence-electron chi connectivity index (χ3n) is 9.48. The Morgan fingerprint density at radius 2 is 1.00 bits per heavy atom. The Balaban J connectivity index is 0.000000186. The van der Waals surface area contributed by atoms with Gasteiger partial charge in [-0.05, 0) is 35.4 Å². The molecule has 4 aliphatic rings. The highest BCUT2D eigenvalue weighted by molar-refractivity contribution is 7.90. The van der Waals surface area contributed by atoms with E-state index in [1.165, 1.54) is 25.0 Å². The van der Waals surface area contributed by atoms with E-state index in [2.05, 4.69) is 10.6 Å². The minimum absolute atomic E-state index is 0.0267. The van der Waals surface area contributed by atoms with Crippen LogP contribution in [0.15, 0.2) is 47.2 Å². The number of ether oxygens (including phenoxy) is 6. The molecule has 0 spiro atoms. The molecule has 0 fully saturated rings. The van der Waals surface area contributed by atoms with Gasteiger partial charge < -0.3 is 39.1 Å². The lowest BCUT2D eigenvalue weighted by atomic mass is 10.1. The lowest BCUT2D eigenvalue weighted by molar-refractivity contribution is -0.120. The molecule has 2 aromatic heterocycles. The summed E-state index contributed by atoms with van der Waals surface area (Å²) in [5.41, 5.74) is 1.28. The largest absolute Gasteiger partial charge is 0.454 e. The molecular weight excluding hydrogens is 897 g/mol. The van der Waals surface area contributed by atoms with E-state index in [9.17, 15) is 45.6 Å². The van der Waals surface area contributed by atoms with Gasteiger partial charge in [-0.1, -0.05) is 12.1 Å². The lowest BCUT2D eigenvalue weighted by Crippen LogP contribution is -2.38. The van der Waals surface area contributed by atoms with Crippen molar-refractivity contribution < 1.29 is 74.0 Å². The molecule has 24 heteroatoms. The van der Waals surface area contributed by atoms with E-state index in [-0.39, 0.29) is 59.1 Å². The van der Waals surface area contributed by atoms with Crippen molar-refractivity contribution in [2.45, 2.75) is 12.1 Å². The molecule has 4 aromatic rings. The van der Waals surface area contributed by atoms with E-state index >= 15 is 0 Å². The average Bonchev–Trinajstić information content (AvgIpc) is 4.05. The van der Waals surface area contributed by atoms with Crippen molar-refractivity contribution in [3.05, 3.63) is 79.2 Å². The molecule has 0 unspecified atom stereocenters. The van der Waals surface area contributed by atoms with Crippen LogP contribution in [0.4, 0.5) is 11.4 Å². The molecule has 0 radical (unpaired) electrons. The molecule has 6 amide bonds. The van der Waals surface area contributed by atoms with Gasteiger partial charge in [-0.25, -0.2) is 16.8 Å². The number of amides is 6. The quantitative estimate of drug-likeness (QED) is 0.172. The monoisotopic (exact) mass is 932 g/mol. The molecule has 62 heavy (non-hydrogen) atoms. The van der Waals surface area contributed by atoms with Crippen molar-refractivity contribution in [1.29, 1.82) is 0 Å². The predicted octanol–water partition coefficient (Wildman–Crippen LogP) is 2.89. The van der Waals surface area contributed by atoms with E-state index in [4.69, 9.17) is 28.4 Å². The van der Waals surface area contributed by atoms with Gasteiger partial charge in [0.15, 0.2) is 23.0 Å². The fourth-order valence-corrected chi connectivity index (χ4v) is 10.6. The number of carbonyl (C=O) groups excluding carboxylic acids is 6. The number of carbonyl (C=O) groups is 6. The van der Waals surface area contributed by atoms with Crippen molar-refractivity contribution in [3.8, 4) is 23.0 Å². The van der Waals surface area contributed by atoms with Crippen LogP contribution in [0.25, 0.3) is 0 Å². The third kappa shape index (κ3) is 9.00. The highest BCUT2D eigenvalue weighted by Crippen LogP contribution is 2.43. The number of fused-ring (bicyclic) bond motifs is 4. The predicted molar refractivity (Wildman–Crippen MR) is 221 cm³/mol. The number of benzene rings is 2. The van der Waals surface area contributed by atoms with Gasteiger partial charge >= 0.3 is 0 Å². The number of imide groups is 2. The summed E-state index contributed by atoms with van der Waals surface area (Å²) in [6.07, 6.45) is 2.06. The Labute approximate surface area is 361 Å². The summed E-state index contributed by atoms with van der Waals surface area (Å²) in [6, 6.07) is 7.36. The second kappa shape index (κ2) is 17.5. The number of thiophene rings is 2. The summed E-state index contributed by atoms with van der Waals surface area (Å²) in [4.78, 5) is 78.6. The van der Waals surface area contributed by atoms with Gasteiger partial charge in [0.1, 0.15) is 42.6 Å². The first kappa shape index (κ1) is 44.1.